The average molecular weight is 569 g/mol. The largest absolute Gasteiger partial charge is 0.0630 e. The van der Waals surface area contributed by atoms with Gasteiger partial charge in [0.15, 0.2) is 0 Å². The molecule has 0 atom stereocenters. The van der Waals surface area contributed by atoms with Crippen LogP contribution in [0.25, 0.3) is 43.1 Å². The summed E-state index contributed by atoms with van der Waals surface area (Å²) >= 11 is 0. The highest BCUT2D eigenvalue weighted by atomic mass is 14.2. The minimum Gasteiger partial charge on any atom is -0.0630 e. The van der Waals surface area contributed by atoms with Gasteiger partial charge < -0.3 is 0 Å². The first kappa shape index (κ1) is 32.3. The third-order valence-electron chi connectivity index (χ3n) is 8.40. The average Bonchev–Trinajstić information content (AvgIpc) is 2.97. The van der Waals surface area contributed by atoms with Crippen molar-refractivity contribution in [2.24, 2.45) is 11.3 Å². The summed E-state index contributed by atoms with van der Waals surface area (Å²) in [6, 6.07) is 31.4. The molecule has 0 heteroatoms. The fraction of sp³-hybridized carbons (Fsp3) is 0.349. The van der Waals surface area contributed by atoms with Crippen molar-refractivity contribution in [3.63, 3.8) is 0 Å². The van der Waals surface area contributed by atoms with Gasteiger partial charge in [-0.15, -0.1) is 0 Å². The Morgan fingerprint density at radius 2 is 0.767 bits per heavy atom. The van der Waals surface area contributed by atoms with Crippen LogP contribution in [0.4, 0.5) is 0 Å². The number of hydrogen-bond donors (Lipinski definition) is 0. The maximum atomic E-state index is 2.40. The van der Waals surface area contributed by atoms with Crippen molar-refractivity contribution in [3.8, 4) is 0 Å². The van der Waals surface area contributed by atoms with Gasteiger partial charge in [-0.3, -0.25) is 0 Å². The highest BCUT2D eigenvalue weighted by molar-refractivity contribution is 6.06. The van der Waals surface area contributed by atoms with Gasteiger partial charge in [-0.25, -0.2) is 0 Å². The summed E-state index contributed by atoms with van der Waals surface area (Å²) in [4.78, 5) is 0. The summed E-state index contributed by atoms with van der Waals surface area (Å²) < 4.78 is 0. The van der Waals surface area contributed by atoms with Crippen molar-refractivity contribution in [1.82, 2.24) is 0 Å². The summed E-state index contributed by atoms with van der Waals surface area (Å²) in [5.74, 6) is 0.833. The molecule has 0 aliphatic heterocycles. The van der Waals surface area contributed by atoms with Gasteiger partial charge in [0.1, 0.15) is 0 Å². The third-order valence-corrected chi connectivity index (χ3v) is 8.40. The molecule has 0 radical (unpaired) electrons. The highest BCUT2D eigenvalue weighted by Crippen LogP contribution is 2.34. The van der Waals surface area contributed by atoms with E-state index in [1.54, 1.807) is 0 Å². The predicted octanol–water partition coefficient (Wildman–Crippen LogP) is 13.0. The van der Waals surface area contributed by atoms with Crippen molar-refractivity contribution in [3.05, 3.63) is 118 Å². The van der Waals surface area contributed by atoms with E-state index in [1.165, 1.54) is 76.5 Å². The van der Waals surface area contributed by atoms with E-state index < -0.39 is 0 Å². The van der Waals surface area contributed by atoms with Crippen LogP contribution in [0.1, 0.15) is 81.8 Å². The van der Waals surface area contributed by atoms with Crippen LogP contribution in [-0.4, -0.2) is 0 Å². The second-order valence-corrected chi connectivity index (χ2v) is 14.2. The molecular weight excluding hydrogens is 516 g/mol. The van der Waals surface area contributed by atoms with Gasteiger partial charge >= 0.3 is 0 Å². The first-order valence-corrected chi connectivity index (χ1v) is 16.1. The van der Waals surface area contributed by atoms with E-state index in [1.807, 2.05) is 0 Å². The highest BCUT2D eigenvalue weighted by Gasteiger charge is 2.14. The quantitative estimate of drug-likeness (QED) is 0.182. The molecule has 0 unspecified atom stereocenters. The molecule has 0 aliphatic carbocycles. The van der Waals surface area contributed by atoms with Crippen molar-refractivity contribution in [2.75, 3.05) is 0 Å². The molecule has 0 heterocycles. The van der Waals surface area contributed by atoms with Gasteiger partial charge in [0, 0.05) is 0 Å². The van der Waals surface area contributed by atoms with Gasteiger partial charge in [0.2, 0.25) is 0 Å². The molecule has 6 aromatic carbocycles. The van der Waals surface area contributed by atoms with Gasteiger partial charge in [-0.1, -0.05) is 133 Å². The summed E-state index contributed by atoms with van der Waals surface area (Å²) in [7, 11) is 0. The lowest BCUT2D eigenvalue weighted by Gasteiger charge is -2.19. The number of aryl methyl sites for hydroxylation is 5. The topological polar surface area (TPSA) is 0 Å². The summed E-state index contributed by atoms with van der Waals surface area (Å²) in [5, 5.41) is 11.1. The summed E-state index contributed by atoms with van der Waals surface area (Å²) in [6.07, 6.45) is 2.22. The standard InChI is InChI=1S/C21H24.C18H18.C4H10/c1-14-17-8-6-7-9-18(17)15(2)20-12-16(10-11-19(14)20)13-21(3,4)5;1-4-14-9-10-17-12(2)15-7-5-6-8-16(15)13(3)18(17)11-14;1-4(2)3/h6-12H,13H2,1-5H3;5-11H,4H2,1-3H3;4H,1-3H3. The molecule has 0 N–H and O–H groups in total. The number of rotatable bonds is 2. The van der Waals surface area contributed by atoms with E-state index >= 15 is 0 Å². The van der Waals surface area contributed by atoms with Crippen molar-refractivity contribution >= 4 is 43.1 Å². The minimum absolute atomic E-state index is 0.327. The fourth-order valence-corrected chi connectivity index (χ4v) is 6.25. The van der Waals surface area contributed by atoms with E-state index in [4.69, 9.17) is 0 Å². The Labute approximate surface area is 261 Å². The van der Waals surface area contributed by atoms with E-state index in [2.05, 4.69) is 161 Å². The molecule has 6 aromatic rings. The summed E-state index contributed by atoms with van der Waals surface area (Å²) in [5.41, 5.74) is 8.78. The molecule has 0 bridgehead atoms. The molecule has 0 saturated carbocycles. The Bertz CT molecular complexity index is 1870. The predicted molar refractivity (Wildman–Crippen MR) is 195 cm³/mol. The van der Waals surface area contributed by atoms with Crippen LogP contribution in [0.3, 0.4) is 0 Å². The molecule has 0 saturated heterocycles. The molecule has 6 rings (SSSR count). The van der Waals surface area contributed by atoms with Crippen LogP contribution in [0.15, 0.2) is 84.9 Å². The van der Waals surface area contributed by atoms with Crippen molar-refractivity contribution in [2.45, 2.75) is 89.0 Å². The lowest BCUT2D eigenvalue weighted by molar-refractivity contribution is 0.411. The van der Waals surface area contributed by atoms with Gasteiger partial charge in [0.05, 0.1) is 0 Å². The van der Waals surface area contributed by atoms with E-state index in [0.29, 0.717) is 5.41 Å². The number of hydrogen-bond acceptors (Lipinski definition) is 0. The first-order valence-electron chi connectivity index (χ1n) is 16.1. The smallest absolute Gasteiger partial charge is 0.0143 e. The molecule has 0 spiro atoms. The minimum atomic E-state index is 0.327. The van der Waals surface area contributed by atoms with Crippen LogP contribution in [0, 0.1) is 39.0 Å². The number of benzene rings is 6. The second-order valence-electron chi connectivity index (χ2n) is 14.2. The van der Waals surface area contributed by atoms with E-state index in [9.17, 15) is 0 Å². The third kappa shape index (κ3) is 7.30. The zero-order valence-electron chi connectivity index (χ0n) is 28.6. The molecule has 0 fully saturated rings. The first-order chi connectivity index (χ1) is 20.3. The number of fused-ring (bicyclic) bond motifs is 4. The Morgan fingerprint density at radius 3 is 1.12 bits per heavy atom. The monoisotopic (exact) mass is 568 g/mol. The molecule has 0 aliphatic rings. The molecule has 43 heavy (non-hydrogen) atoms. The van der Waals surface area contributed by atoms with E-state index in [-0.39, 0.29) is 0 Å². The Hall–Kier alpha value is -3.64. The maximum absolute atomic E-state index is 2.40. The molecule has 0 amide bonds. The van der Waals surface area contributed by atoms with Gasteiger partial charge in [0.25, 0.3) is 0 Å². The van der Waals surface area contributed by atoms with Gasteiger partial charge in [-0.05, 0) is 128 Å². The van der Waals surface area contributed by atoms with Crippen LogP contribution < -0.4 is 0 Å². The fourth-order valence-electron chi connectivity index (χ4n) is 6.25. The van der Waals surface area contributed by atoms with Gasteiger partial charge in [-0.2, -0.15) is 0 Å². The Balaban J connectivity index is 0.000000177. The maximum Gasteiger partial charge on any atom is -0.0143 e. The lowest BCUT2D eigenvalue weighted by atomic mass is 9.86. The van der Waals surface area contributed by atoms with Crippen LogP contribution in [-0.2, 0) is 12.8 Å². The zero-order valence-corrected chi connectivity index (χ0v) is 28.6. The molecule has 224 valence electrons. The molecular formula is C43H52. The second kappa shape index (κ2) is 13.3. The van der Waals surface area contributed by atoms with Crippen LogP contribution >= 0.6 is 0 Å². The SMILES string of the molecule is CC(C)C.CCc1ccc2c(C)c3ccccc3c(C)c2c1.Cc1c2ccccc2c(C)c2cc(CC(C)(C)C)ccc12. The van der Waals surface area contributed by atoms with Crippen LogP contribution in [0.5, 0.6) is 0 Å². The van der Waals surface area contributed by atoms with E-state index in [0.717, 1.165) is 18.8 Å². The molecule has 0 nitrogen and oxygen atoms in total. The molecule has 0 aromatic heterocycles. The normalized spacial score (nSPS) is 11.5. The Kier molecular flexibility index (Phi) is 10.0. The Morgan fingerprint density at radius 1 is 0.465 bits per heavy atom. The zero-order chi connectivity index (χ0) is 31.5. The lowest BCUT2D eigenvalue weighted by Crippen LogP contribution is -2.09. The summed E-state index contributed by atoms with van der Waals surface area (Å²) in [6.45, 7) is 24.6. The van der Waals surface area contributed by atoms with Crippen molar-refractivity contribution in [1.29, 1.82) is 0 Å². The van der Waals surface area contributed by atoms with Crippen molar-refractivity contribution < 1.29 is 0 Å². The van der Waals surface area contributed by atoms with Crippen LogP contribution in [0.2, 0.25) is 0 Å².